The predicted octanol–water partition coefficient (Wildman–Crippen LogP) is 2.84. The SMILES string of the molecule is CCCC(C(=O)N(N)Cl)C1CCCCC1. The third kappa shape index (κ3) is 3.65. The molecule has 0 bridgehead atoms. The van der Waals surface area contributed by atoms with Crippen molar-refractivity contribution in [1.82, 2.24) is 4.53 Å². The molecular formula is C11H21ClN2O. The van der Waals surface area contributed by atoms with Crippen LogP contribution in [0.15, 0.2) is 0 Å². The Hall–Kier alpha value is -0.280. The van der Waals surface area contributed by atoms with Crippen molar-refractivity contribution < 1.29 is 4.79 Å². The number of amides is 1. The second-order valence-electron chi connectivity index (χ2n) is 4.44. The van der Waals surface area contributed by atoms with E-state index in [0.717, 1.165) is 30.2 Å². The third-order valence-electron chi connectivity index (χ3n) is 3.35. The van der Waals surface area contributed by atoms with Crippen molar-refractivity contribution in [3.63, 3.8) is 0 Å². The van der Waals surface area contributed by atoms with Crippen molar-refractivity contribution >= 4 is 17.7 Å². The first-order chi connectivity index (χ1) is 7.16. The first kappa shape index (κ1) is 12.8. The quantitative estimate of drug-likeness (QED) is 0.351. The molecule has 4 heteroatoms. The van der Waals surface area contributed by atoms with E-state index in [1.807, 2.05) is 0 Å². The van der Waals surface area contributed by atoms with Gasteiger partial charge in [0.25, 0.3) is 5.91 Å². The fourth-order valence-corrected chi connectivity index (χ4v) is 2.69. The van der Waals surface area contributed by atoms with Gasteiger partial charge in [-0.3, -0.25) is 4.79 Å². The summed E-state index contributed by atoms with van der Waals surface area (Å²) in [6, 6.07) is 0. The number of halogens is 1. The van der Waals surface area contributed by atoms with Crippen LogP contribution < -0.4 is 5.84 Å². The van der Waals surface area contributed by atoms with E-state index in [4.69, 9.17) is 17.6 Å². The van der Waals surface area contributed by atoms with E-state index in [1.54, 1.807) is 0 Å². The zero-order valence-electron chi connectivity index (χ0n) is 9.42. The number of carbonyl (C=O) groups is 1. The summed E-state index contributed by atoms with van der Waals surface area (Å²) in [6.07, 6.45) is 8.01. The standard InChI is InChI=1S/C11H21ClN2O/c1-2-6-10(11(15)14(12)13)9-7-4-3-5-8-9/h9-10H,2-8,13H2,1H3. The second kappa shape index (κ2) is 6.33. The first-order valence-corrected chi connectivity index (χ1v) is 6.25. The zero-order chi connectivity index (χ0) is 11.3. The predicted molar refractivity (Wildman–Crippen MR) is 61.9 cm³/mol. The maximum atomic E-state index is 11.8. The lowest BCUT2D eigenvalue weighted by molar-refractivity contribution is -0.133. The highest BCUT2D eigenvalue weighted by atomic mass is 35.5. The Labute approximate surface area is 97.0 Å². The summed E-state index contributed by atoms with van der Waals surface area (Å²) in [4.78, 5) is 11.8. The number of nitrogens with zero attached hydrogens (tertiary/aromatic N) is 1. The van der Waals surface area contributed by atoms with Crippen LogP contribution in [0.25, 0.3) is 0 Å². The van der Waals surface area contributed by atoms with E-state index in [1.165, 1.54) is 19.3 Å². The molecule has 0 aromatic heterocycles. The number of hydrazine groups is 1. The molecular weight excluding hydrogens is 212 g/mol. The number of nitrogens with two attached hydrogens (primary N) is 1. The van der Waals surface area contributed by atoms with E-state index >= 15 is 0 Å². The molecule has 0 aromatic carbocycles. The van der Waals surface area contributed by atoms with Crippen molar-refractivity contribution in [1.29, 1.82) is 0 Å². The highest BCUT2D eigenvalue weighted by molar-refractivity contribution is 6.20. The molecule has 1 saturated carbocycles. The Bertz CT molecular complexity index is 203. The van der Waals surface area contributed by atoms with Gasteiger partial charge in [0.15, 0.2) is 0 Å². The number of hydrogen-bond donors (Lipinski definition) is 1. The van der Waals surface area contributed by atoms with Gasteiger partial charge < -0.3 is 0 Å². The molecule has 0 spiro atoms. The lowest BCUT2D eigenvalue weighted by Gasteiger charge is -2.29. The summed E-state index contributed by atoms with van der Waals surface area (Å²) in [7, 11) is 0. The van der Waals surface area contributed by atoms with Crippen LogP contribution in [0.4, 0.5) is 0 Å². The van der Waals surface area contributed by atoms with Gasteiger partial charge in [-0.25, -0.2) is 5.84 Å². The zero-order valence-corrected chi connectivity index (χ0v) is 10.2. The highest BCUT2D eigenvalue weighted by Gasteiger charge is 2.30. The lowest BCUT2D eigenvalue weighted by Crippen LogP contribution is -2.38. The minimum atomic E-state index is -0.106. The van der Waals surface area contributed by atoms with Crippen molar-refractivity contribution in [2.45, 2.75) is 51.9 Å². The molecule has 0 aliphatic heterocycles. The summed E-state index contributed by atoms with van der Waals surface area (Å²) in [5.74, 6) is 5.75. The van der Waals surface area contributed by atoms with Gasteiger partial charge in [-0.05, 0) is 25.2 Å². The van der Waals surface area contributed by atoms with Gasteiger partial charge in [0.1, 0.15) is 0 Å². The van der Waals surface area contributed by atoms with Gasteiger partial charge in [0.05, 0.1) is 0 Å². The molecule has 15 heavy (non-hydrogen) atoms. The van der Waals surface area contributed by atoms with Gasteiger partial charge >= 0.3 is 0 Å². The van der Waals surface area contributed by atoms with Crippen LogP contribution in [-0.2, 0) is 4.79 Å². The molecule has 2 N–H and O–H groups in total. The summed E-state index contributed by atoms with van der Waals surface area (Å²) in [5, 5.41) is 0. The molecule has 0 radical (unpaired) electrons. The van der Waals surface area contributed by atoms with E-state index in [9.17, 15) is 4.79 Å². The fourth-order valence-electron chi connectivity index (χ4n) is 2.57. The summed E-state index contributed by atoms with van der Waals surface area (Å²) in [5.41, 5.74) is 0. The summed E-state index contributed by atoms with van der Waals surface area (Å²) < 4.78 is 0.745. The largest absolute Gasteiger partial charge is 0.272 e. The molecule has 1 fully saturated rings. The average molecular weight is 233 g/mol. The Morgan fingerprint density at radius 3 is 2.53 bits per heavy atom. The van der Waals surface area contributed by atoms with E-state index in [0.29, 0.717) is 5.92 Å². The van der Waals surface area contributed by atoms with Crippen LogP contribution in [-0.4, -0.2) is 10.4 Å². The lowest BCUT2D eigenvalue weighted by atomic mass is 9.78. The Morgan fingerprint density at radius 1 is 1.47 bits per heavy atom. The van der Waals surface area contributed by atoms with Gasteiger partial charge in [0, 0.05) is 17.7 Å². The Kier molecular flexibility index (Phi) is 5.40. The Balaban J connectivity index is 2.58. The minimum Gasteiger partial charge on any atom is -0.272 e. The molecule has 3 nitrogen and oxygen atoms in total. The van der Waals surface area contributed by atoms with Crippen LogP contribution >= 0.6 is 11.8 Å². The average Bonchev–Trinajstić information content (AvgIpc) is 2.26. The summed E-state index contributed by atoms with van der Waals surface area (Å²) >= 11 is 5.54. The van der Waals surface area contributed by atoms with Crippen molar-refractivity contribution in [3.8, 4) is 0 Å². The van der Waals surface area contributed by atoms with Crippen LogP contribution in [0.1, 0.15) is 51.9 Å². The molecule has 0 heterocycles. The maximum absolute atomic E-state index is 11.8. The van der Waals surface area contributed by atoms with Crippen molar-refractivity contribution in [2.24, 2.45) is 17.7 Å². The fraction of sp³-hybridized carbons (Fsp3) is 0.909. The van der Waals surface area contributed by atoms with E-state index in [-0.39, 0.29) is 11.8 Å². The monoisotopic (exact) mass is 232 g/mol. The topological polar surface area (TPSA) is 46.3 Å². The van der Waals surface area contributed by atoms with Crippen LogP contribution in [0.5, 0.6) is 0 Å². The van der Waals surface area contributed by atoms with E-state index in [2.05, 4.69) is 6.92 Å². The van der Waals surface area contributed by atoms with Gasteiger partial charge in [-0.1, -0.05) is 32.6 Å². The smallest absolute Gasteiger partial charge is 0.254 e. The molecule has 88 valence electrons. The molecule has 0 aromatic rings. The van der Waals surface area contributed by atoms with E-state index < -0.39 is 0 Å². The maximum Gasteiger partial charge on any atom is 0.254 e. The summed E-state index contributed by atoms with van der Waals surface area (Å²) in [6.45, 7) is 2.10. The van der Waals surface area contributed by atoms with Crippen molar-refractivity contribution in [2.75, 3.05) is 0 Å². The van der Waals surface area contributed by atoms with Crippen LogP contribution in [0, 0.1) is 11.8 Å². The first-order valence-electron chi connectivity index (χ1n) is 5.91. The minimum absolute atomic E-state index is 0.0396. The molecule has 1 rings (SSSR count). The van der Waals surface area contributed by atoms with Crippen molar-refractivity contribution in [3.05, 3.63) is 0 Å². The number of carbonyl (C=O) groups excluding carboxylic acids is 1. The van der Waals surface area contributed by atoms with Gasteiger partial charge in [-0.2, -0.15) is 4.53 Å². The molecule has 0 saturated heterocycles. The van der Waals surface area contributed by atoms with Gasteiger partial charge in [0.2, 0.25) is 0 Å². The normalized spacial score (nSPS) is 19.9. The third-order valence-corrected chi connectivity index (χ3v) is 3.51. The molecule has 1 atom stereocenters. The molecule has 1 unspecified atom stereocenters. The number of rotatable bonds is 4. The second-order valence-corrected chi connectivity index (χ2v) is 4.81. The molecule has 1 amide bonds. The van der Waals surface area contributed by atoms with Crippen LogP contribution in [0.2, 0.25) is 0 Å². The highest BCUT2D eigenvalue weighted by Crippen LogP contribution is 2.33. The molecule has 1 aliphatic carbocycles. The van der Waals surface area contributed by atoms with Gasteiger partial charge in [-0.15, -0.1) is 0 Å². The number of hydrogen-bond acceptors (Lipinski definition) is 2. The molecule has 1 aliphatic rings. The Morgan fingerprint density at radius 2 is 2.07 bits per heavy atom. The van der Waals surface area contributed by atoms with Crippen LogP contribution in [0.3, 0.4) is 0 Å².